The molecule has 0 unspecified atom stereocenters. The first-order valence-electron chi connectivity index (χ1n) is 5.86. The van der Waals surface area contributed by atoms with Crippen molar-refractivity contribution in [1.82, 2.24) is 9.97 Å². The number of ether oxygens (including phenoxy) is 1. The quantitative estimate of drug-likeness (QED) is 0.845. The van der Waals surface area contributed by atoms with E-state index in [-0.39, 0.29) is 0 Å². The molecule has 0 atom stereocenters. The van der Waals surface area contributed by atoms with Crippen LogP contribution in [0.2, 0.25) is 0 Å². The lowest BCUT2D eigenvalue weighted by Crippen LogP contribution is -2.05. The van der Waals surface area contributed by atoms with Crippen LogP contribution in [0.25, 0.3) is 0 Å². The minimum Gasteiger partial charge on any atom is -0.476 e. The molecule has 1 aromatic carbocycles. The van der Waals surface area contributed by atoms with E-state index in [2.05, 4.69) is 15.3 Å². The van der Waals surface area contributed by atoms with Gasteiger partial charge in [0, 0.05) is 5.69 Å². The summed E-state index contributed by atoms with van der Waals surface area (Å²) in [5, 5.41) is 3.13. The van der Waals surface area contributed by atoms with E-state index in [1.165, 1.54) is 6.33 Å². The van der Waals surface area contributed by atoms with Crippen LogP contribution in [-0.2, 0) is 0 Å². The molecule has 0 aliphatic heterocycles. The van der Waals surface area contributed by atoms with E-state index in [0.717, 1.165) is 12.1 Å². The number of para-hydroxylation sites is 1. The molecule has 0 radical (unpaired) electrons. The van der Waals surface area contributed by atoms with E-state index in [1.807, 2.05) is 37.3 Å². The van der Waals surface area contributed by atoms with Crippen LogP contribution in [0.3, 0.4) is 0 Å². The second-order valence-electron chi connectivity index (χ2n) is 3.78. The maximum absolute atomic E-state index is 5.96. The van der Waals surface area contributed by atoms with E-state index in [9.17, 15) is 0 Å². The average molecular weight is 244 g/mol. The minimum absolute atomic E-state index is 0.422. The molecule has 2 aromatic rings. The third-order valence-corrected chi connectivity index (χ3v) is 2.33. The molecule has 94 valence electrons. The molecule has 2 rings (SSSR count). The Labute approximate surface area is 106 Å². The Bertz CT molecular complexity index is 502. The molecule has 0 aliphatic carbocycles. The van der Waals surface area contributed by atoms with Crippen molar-refractivity contribution in [3.63, 3.8) is 0 Å². The highest BCUT2D eigenvalue weighted by Crippen LogP contribution is 2.27. The first kappa shape index (κ1) is 12.2. The number of hydrogen-bond donors (Lipinski definition) is 2. The standard InChI is InChI=1S/C13H16N4O/c1-2-8-18-13-11(14)12(15-9-16-13)17-10-6-4-3-5-7-10/h3-7,9H,2,8,14H2,1H3,(H,15,16,17). The first-order chi connectivity index (χ1) is 8.81. The number of nitrogens with two attached hydrogens (primary N) is 1. The molecule has 1 heterocycles. The van der Waals surface area contributed by atoms with Gasteiger partial charge in [-0.25, -0.2) is 4.98 Å². The van der Waals surface area contributed by atoms with E-state index in [4.69, 9.17) is 10.5 Å². The van der Waals surface area contributed by atoms with Gasteiger partial charge in [-0.2, -0.15) is 4.98 Å². The van der Waals surface area contributed by atoms with Gasteiger partial charge >= 0.3 is 0 Å². The number of anilines is 3. The van der Waals surface area contributed by atoms with Crippen molar-refractivity contribution in [1.29, 1.82) is 0 Å². The summed E-state index contributed by atoms with van der Waals surface area (Å²) in [5.41, 5.74) is 7.31. The fourth-order valence-electron chi connectivity index (χ4n) is 1.45. The molecule has 1 aromatic heterocycles. The number of nitrogens with one attached hydrogen (secondary N) is 1. The lowest BCUT2D eigenvalue weighted by Gasteiger charge is -2.11. The Morgan fingerprint density at radius 1 is 1.22 bits per heavy atom. The topological polar surface area (TPSA) is 73.1 Å². The first-order valence-corrected chi connectivity index (χ1v) is 5.86. The molecule has 18 heavy (non-hydrogen) atoms. The highest BCUT2D eigenvalue weighted by molar-refractivity contribution is 5.71. The molecule has 3 N–H and O–H groups in total. The van der Waals surface area contributed by atoms with Gasteiger partial charge in [-0.15, -0.1) is 0 Å². The van der Waals surface area contributed by atoms with Crippen LogP contribution >= 0.6 is 0 Å². The molecule has 0 aliphatic rings. The summed E-state index contributed by atoms with van der Waals surface area (Å²) in [7, 11) is 0. The zero-order chi connectivity index (χ0) is 12.8. The summed E-state index contributed by atoms with van der Waals surface area (Å²) in [6.07, 6.45) is 2.34. The molecule has 0 saturated heterocycles. The Balaban J connectivity index is 2.18. The average Bonchev–Trinajstić information content (AvgIpc) is 2.41. The fraction of sp³-hybridized carbons (Fsp3) is 0.231. The molecule has 0 spiro atoms. The van der Waals surface area contributed by atoms with Gasteiger partial charge in [-0.05, 0) is 18.6 Å². The predicted octanol–water partition coefficient (Wildman–Crippen LogP) is 2.59. The third-order valence-electron chi connectivity index (χ3n) is 2.33. The van der Waals surface area contributed by atoms with Crippen LogP contribution in [0.4, 0.5) is 17.2 Å². The van der Waals surface area contributed by atoms with E-state index >= 15 is 0 Å². The van der Waals surface area contributed by atoms with Crippen molar-refractivity contribution < 1.29 is 4.74 Å². The summed E-state index contributed by atoms with van der Waals surface area (Å²) >= 11 is 0. The summed E-state index contributed by atoms with van der Waals surface area (Å²) in [5.74, 6) is 0.979. The number of nitrogen functional groups attached to an aromatic ring is 1. The second kappa shape index (κ2) is 5.86. The molecular formula is C13H16N4O. The van der Waals surface area contributed by atoms with Crippen LogP contribution in [0.5, 0.6) is 5.88 Å². The zero-order valence-electron chi connectivity index (χ0n) is 10.3. The number of hydrogen-bond acceptors (Lipinski definition) is 5. The van der Waals surface area contributed by atoms with Gasteiger partial charge in [0.05, 0.1) is 6.61 Å². The Hall–Kier alpha value is -2.30. The van der Waals surface area contributed by atoms with E-state index in [0.29, 0.717) is 24.0 Å². The van der Waals surface area contributed by atoms with Crippen molar-refractivity contribution in [3.8, 4) is 5.88 Å². The zero-order valence-corrected chi connectivity index (χ0v) is 10.3. The van der Waals surface area contributed by atoms with Crippen LogP contribution in [0, 0.1) is 0 Å². The highest BCUT2D eigenvalue weighted by atomic mass is 16.5. The van der Waals surface area contributed by atoms with Gasteiger partial charge in [-0.1, -0.05) is 25.1 Å². The van der Waals surface area contributed by atoms with E-state index < -0.39 is 0 Å². The molecule has 0 amide bonds. The molecule has 0 saturated carbocycles. The number of rotatable bonds is 5. The highest BCUT2D eigenvalue weighted by Gasteiger charge is 2.08. The second-order valence-corrected chi connectivity index (χ2v) is 3.78. The van der Waals surface area contributed by atoms with Crippen molar-refractivity contribution in [2.45, 2.75) is 13.3 Å². The number of benzene rings is 1. The number of nitrogens with zero attached hydrogens (tertiary/aromatic N) is 2. The van der Waals surface area contributed by atoms with E-state index in [1.54, 1.807) is 0 Å². The van der Waals surface area contributed by atoms with Crippen LogP contribution < -0.4 is 15.8 Å². The number of aromatic nitrogens is 2. The fourth-order valence-corrected chi connectivity index (χ4v) is 1.45. The Morgan fingerprint density at radius 3 is 2.72 bits per heavy atom. The van der Waals surface area contributed by atoms with Gasteiger partial charge in [-0.3, -0.25) is 0 Å². The molecule has 0 fully saturated rings. The SMILES string of the molecule is CCCOc1ncnc(Nc2ccccc2)c1N. The van der Waals surface area contributed by atoms with Crippen LogP contribution in [0.1, 0.15) is 13.3 Å². The minimum atomic E-state index is 0.422. The van der Waals surface area contributed by atoms with Gasteiger partial charge in [0.2, 0.25) is 5.88 Å². The summed E-state index contributed by atoms with van der Waals surface area (Å²) in [6.45, 7) is 2.62. The molecule has 0 bridgehead atoms. The van der Waals surface area contributed by atoms with Crippen molar-refractivity contribution in [3.05, 3.63) is 36.7 Å². The third kappa shape index (κ3) is 2.88. The maximum Gasteiger partial charge on any atom is 0.242 e. The predicted molar refractivity (Wildman–Crippen MR) is 72.0 cm³/mol. The smallest absolute Gasteiger partial charge is 0.242 e. The van der Waals surface area contributed by atoms with Gasteiger partial charge in [0.25, 0.3) is 0 Å². The maximum atomic E-state index is 5.96. The summed E-state index contributed by atoms with van der Waals surface area (Å²) in [4.78, 5) is 8.13. The van der Waals surface area contributed by atoms with Crippen LogP contribution in [-0.4, -0.2) is 16.6 Å². The largest absolute Gasteiger partial charge is 0.476 e. The lowest BCUT2D eigenvalue weighted by molar-refractivity contribution is 0.307. The Morgan fingerprint density at radius 2 is 2.00 bits per heavy atom. The summed E-state index contributed by atoms with van der Waals surface area (Å²) < 4.78 is 5.45. The van der Waals surface area contributed by atoms with Gasteiger partial charge < -0.3 is 15.8 Å². The van der Waals surface area contributed by atoms with Crippen molar-refractivity contribution in [2.24, 2.45) is 0 Å². The van der Waals surface area contributed by atoms with Crippen LogP contribution in [0.15, 0.2) is 36.7 Å². The monoisotopic (exact) mass is 244 g/mol. The normalized spacial score (nSPS) is 10.1. The Kier molecular flexibility index (Phi) is 3.96. The molecule has 5 nitrogen and oxygen atoms in total. The molecule has 5 heteroatoms. The van der Waals surface area contributed by atoms with Gasteiger partial charge in [0.1, 0.15) is 12.0 Å². The lowest BCUT2D eigenvalue weighted by atomic mass is 10.3. The van der Waals surface area contributed by atoms with Gasteiger partial charge in [0.15, 0.2) is 5.82 Å². The van der Waals surface area contributed by atoms with Crippen molar-refractivity contribution >= 4 is 17.2 Å². The molecular weight excluding hydrogens is 228 g/mol. The van der Waals surface area contributed by atoms with Crippen molar-refractivity contribution in [2.75, 3.05) is 17.7 Å². The summed E-state index contributed by atoms with van der Waals surface area (Å²) in [6, 6.07) is 9.70.